The average Bonchev–Trinajstić information content (AvgIpc) is 2.74. The van der Waals surface area contributed by atoms with E-state index >= 15 is 0 Å². The Labute approximate surface area is 197 Å². The molecule has 0 bridgehead atoms. The van der Waals surface area contributed by atoms with Gasteiger partial charge in [-0.1, -0.05) is 0 Å². The van der Waals surface area contributed by atoms with Crippen molar-refractivity contribution in [3.05, 3.63) is 33.9 Å². The molecule has 1 heterocycles. The Morgan fingerprint density at radius 2 is 1.88 bits per heavy atom. The highest BCUT2D eigenvalue weighted by atomic mass is 79.9. The van der Waals surface area contributed by atoms with Gasteiger partial charge in [0.15, 0.2) is 0 Å². The molecule has 12 nitrogen and oxygen atoms in total. The number of nitrogens with one attached hydrogen (secondary N) is 1. The molecule has 0 fully saturated rings. The number of rotatable bonds is 12. The van der Waals surface area contributed by atoms with Crippen LogP contribution in [0.3, 0.4) is 0 Å². The van der Waals surface area contributed by atoms with Crippen molar-refractivity contribution in [1.29, 1.82) is 0 Å². The fourth-order valence-corrected chi connectivity index (χ4v) is 3.32. The van der Waals surface area contributed by atoms with Crippen molar-refractivity contribution in [2.75, 3.05) is 25.2 Å². The van der Waals surface area contributed by atoms with E-state index in [1.807, 2.05) is 0 Å². The van der Waals surface area contributed by atoms with Crippen molar-refractivity contribution in [3.63, 3.8) is 0 Å². The number of anilines is 2. The van der Waals surface area contributed by atoms with Gasteiger partial charge in [0.05, 0.1) is 20.1 Å². The van der Waals surface area contributed by atoms with E-state index in [1.165, 1.54) is 13.3 Å². The molecular weight excluding hydrogens is 502 g/mol. The molecule has 0 saturated carbocycles. The Balaban J connectivity index is 2.04. The van der Waals surface area contributed by atoms with Crippen LogP contribution in [0.15, 0.2) is 22.8 Å². The topological polar surface area (TPSA) is 200 Å². The van der Waals surface area contributed by atoms with Crippen LogP contribution in [0.4, 0.5) is 11.8 Å². The van der Waals surface area contributed by atoms with Crippen molar-refractivity contribution < 1.29 is 34.1 Å². The number of aliphatic carboxylic acids is 2. The molecule has 178 valence electrons. The first-order valence-electron chi connectivity index (χ1n) is 9.70. The predicted octanol–water partition coefficient (Wildman–Crippen LogP) is 1.21. The minimum atomic E-state index is -1.31. The van der Waals surface area contributed by atoms with Crippen LogP contribution >= 0.6 is 15.9 Å². The Morgan fingerprint density at radius 1 is 1.18 bits per heavy atom. The quantitative estimate of drug-likeness (QED) is 0.266. The summed E-state index contributed by atoms with van der Waals surface area (Å²) >= 11 is 3.40. The number of nitrogen functional groups attached to an aromatic ring is 2. The first kappa shape index (κ1) is 25.6. The highest BCUT2D eigenvalue weighted by molar-refractivity contribution is 9.10. The van der Waals surface area contributed by atoms with Gasteiger partial charge >= 0.3 is 11.9 Å². The number of aromatic nitrogens is 2. The maximum atomic E-state index is 12.1. The van der Waals surface area contributed by atoms with Gasteiger partial charge < -0.3 is 36.5 Å². The third-order valence-corrected chi connectivity index (χ3v) is 5.25. The van der Waals surface area contributed by atoms with E-state index in [-0.39, 0.29) is 37.6 Å². The van der Waals surface area contributed by atoms with Crippen LogP contribution in [0.5, 0.6) is 11.5 Å². The molecule has 1 atom stereocenters. The van der Waals surface area contributed by atoms with E-state index in [4.69, 9.17) is 31.2 Å². The Kier molecular flexibility index (Phi) is 9.21. The number of amides is 1. The molecule has 13 heteroatoms. The Morgan fingerprint density at radius 3 is 2.48 bits per heavy atom. The SMILES string of the molecule is COc1cc(Cc2cnc(N)nc2N)cc(OCCC(=O)NC(CCC(=O)O)C(=O)O)c1Br. The lowest BCUT2D eigenvalue weighted by Crippen LogP contribution is -2.41. The number of halogens is 1. The van der Waals surface area contributed by atoms with Crippen LogP contribution in [-0.4, -0.2) is 57.8 Å². The van der Waals surface area contributed by atoms with Crippen molar-refractivity contribution in [2.24, 2.45) is 0 Å². The standard InChI is InChI=1S/C20H24BrN5O7/c1-32-13-7-10(6-11-9-24-20(23)26-18(11)22)8-14(17(13)21)33-5-4-15(27)25-12(19(30)31)2-3-16(28)29/h7-9,12H,2-6H2,1H3,(H,25,27)(H,28,29)(H,30,31)(H4,22,23,24,26). The summed E-state index contributed by atoms with van der Waals surface area (Å²) in [7, 11) is 1.49. The number of hydrogen-bond donors (Lipinski definition) is 5. The maximum Gasteiger partial charge on any atom is 0.326 e. The van der Waals surface area contributed by atoms with Gasteiger partial charge in [-0.25, -0.2) is 9.78 Å². The molecule has 1 aromatic carbocycles. The lowest BCUT2D eigenvalue weighted by molar-refractivity contribution is -0.143. The number of benzene rings is 1. The lowest BCUT2D eigenvalue weighted by Gasteiger charge is -2.15. The molecule has 33 heavy (non-hydrogen) atoms. The number of methoxy groups -OCH3 is 1. The van der Waals surface area contributed by atoms with Gasteiger partial charge in [0.1, 0.15) is 27.8 Å². The summed E-state index contributed by atoms with van der Waals surface area (Å²) in [5.74, 6) is -1.84. The van der Waals surface area contributed by atoms with Crippen LogP contribution in [0.1, 0.15) is 30.4 Å². The van der Waals surface area contributed by atoms with Gasteiger partial charge in [0.2, 0.25) is 11.9 Å². The van der Waals surface area contributed by atoms with E-state index in [0.717, 1.165) is 5.56 Å². The van der Waals surface area contributed by atoms with Gasteiger partial charge in [0.25, 0.3) is 0 Å². The largest absolute Gasteiger partial charge is 0.495 e. The zero-order valence-electron chi connectivity index (χ0n) is 17.7. The number of ether oxygens (including phenoxy) is 2. The molecule has 0 saturated heterocycles. The molecule has 1 amide bonds. The van der Waals surface area contributed by atoms with Crippen LogP contribution < -0.4 is 26.3 Å². The van der Waals surface area contributed by atoms with Crippen molar-refractivity contribution in [3.8, 4) is 11.5 Å². The van der Waals surface area contributed by atoms with E-state index in [2.05, 4.69) is 31.2 Å². The van der Waals surface area contributed by atoms with Gasteiger partial charge in [-0.05, 0) is 40.0 Å². The van der Waals surface area contributed by atoms with Crippen LogP contribution in [0.2, 0.25) is 0 Å². The van der Waals surface area contributed by atoms with Gasteiger partial charge in [-0.2, -0.15) is 4.98 Å². The number of carbonyl (C=O) groups excluding carboxylic acids is 1. The molecule has 0 aliphatic rings. The van der Waals surface area contributed by atoms with Crippen molar-refractivity contribution in [1.82, 2.24) is 15.3 Å². The summed E-state index contributed by atoms with van der Waals surface area (Å²) in [5, 5.41) is 20.1. The zero-order valence-corrected chi connectivity index (χ0v) is 19.3. The normalized spacial score (nSPS) is 11.5. The summed E-state index contributed by atoms with van der Waals surface area (Å²) in [6, 6.07) is 2.21. The maximum absolute atomic E-state index is 12.1. The second-order valence-corrected chi connectivity index (χ2v) is 7.71. The van der Waals surface area contributed by atoms with E-state index in [0.29, 0.717) is 28.0 Å². The minimum Gasteiger partial charge on any atom is -0.495 e. The zero-order chi connectivity index (χ0) is 24.5. The molecule has 7 N–H and O–H groups in total. The van der Waals surface area contributed by atoms with E-state index in [9.17, 15) is 14.4 Å². The molecular formula is C20H24BrN5O7. The monoisotopic (exact) mass is 525 g/mol. The molecule has 0 radical (unpaired) electrons. The lowest BCUT2D eigenvalue weighted by atomic mass is 10.1. The number of nitrogens with zero attached hydrogens (tertiary/aromatic N) is 2. The molecule has 1 aromatic heterocycles. The molecule has 0 aliphatic carbocycles. The third kappa shape index (κ3) is 7.79. The smallest absolute Gasteiger partial charge is 0.326 e. The number of carbonyl (C=O) groups is 3. The van der Waals surface area contributed by atoms with E-state index in [1.54, 1.807) is 12.1 Å². The summed E-state index contributed by atoms with van der Waals surface area (Å²) in [5.41, 5.74) is 12.9. The third-order valence-electron chi connectivity index (χ3n) is 4.46. The second-order valence-electron chi connectivity index (χ2n) is 6.91. The summed E-state index contributed by atoms with van der Waals surface area (Å²) in [4.78, 5) is 41.8. The molecule has 0 aliphatic heterocycles. The second kappa shape index (κ2) is 11.9. The highest BCUT2D eigenvalue weighted by Crippen LogP contribution is 2.36. The van der Waals surface area contributed by atoms with E-state index < -0.39 is 23.9 Å². The number of carboxylic acids is 2. The van der Waals surface area contributed by atoms with Gasteiger partial charge in [-0.3, -0.25) is 9.59 Å². The summed E-state index contributed by atoms with van der Waals surface area (Å²) < 4.78 is 11.6. The minimum absolute atomic E-state index is 0.0601. The fraction of sp³-hybridized carbons (Fsp3) is 0.350. The molecule has 1 unspecified atom stereocenters. The summed E-state index contributed by atoms with van der Waals surface area (Å²) in [6.45, 7) is -0.0601. The number of nitrogens with two attached hydrogens (primary N) is 2. The highest BCUT2D eigenvalue weighted by Gasteiger charge is 2.21. The van der Waals surface area contributed by atoms with Gasteiger partial charge in [-0.15, -0.1) is 0 Å². The number of hydrogen-bond acceptors (Lipinski definition) is 9. The van der Waals surface area contributed by atoms with Crippen LogP contribution in [0, 0.1) is 0 Å². The Hall–Kier alpha value is -3.61. The van der Waals surface area contributed by atoms with Crippen molar-refractivity contribution >= 4 is 45.5 Å². The van der Waals surface area contributed by atoms with Gasteiger partial charge in [0, 0.05) is 24.6 Å². The first-order chi connectivity index (χ1) is 15.6. The molecule has 2 rings (SSSR count). The van der Waals surface area contributed by atoms with Crippen molar-refractivity contribution in [2.45, 2.75) is 31.7 Å². The molecule has 0 spiro atoms. The van der Waals surface area contributed by atoms with Crippen LogP contribution in [-0.2, 0) is 20.8 Å². The predicted molar refractivity (Wildman–Crippen MR) is 121 cm³/mol. The fourth-order valence-electron chi connectivity index (χ4n) is 2.82. The first-order valence-corrected chi connectivity index (χ1v) is 10.5. The molecule has 2 aromatic rings. The summed E-state index contributed by atoms with van der Waals surface area (Å²) in [6.07, 6.45) is 1.15. The average molecular weight is 526 g/mol. The van der Waals surface area contributed by atoms with Crippen LogP contribution in [0.25, 0.3) is 0 Å². The number of carboxylic acid groups (broad SMARTS) is 2. The Bertz CT molecular complexity index is 1030.